The SMILES string of the molecule is CC(C)([C@@H]1C/C=C\C2C[C@@H]2/C=C/C=C\c2nc(cs2)C(=O)O[C@H](C(C)(C)[C@@H](O)/C=C/CCN)C/C=C\C2=C[C@H]2/C=C/C=C\c2nc(cs2)C(=O)O1)[C@@H](O)/C=C/CCN. The lowest BCUT2D eigenvalue weighted by Gasteiger charge is -2.36. The molecule has 1 aliphatic heterocycles. The van der Waals surface area contributed by atoms with Crippen molar-refractivity contribution in [2.24, 2.45) is 40.1 Å². The Bertz CT molecular complexity index is 1980. The third kappa shape index (κ3) is 12.8. The molecule has 2 aromatic rings. The molecule has 4 bridgehead atoms. The van der Waals surface area contributed by atoms with Crippen molar-refractivity contribution >= 4 is 46.8 Å². The van der Waals surface area contributed by atoms with Gasteiger partial charge in [0.25, 0.3) is 0 Å². The fourth-order valence-electron chi connectivity index (χ4n) is 6.36. The quantitative estimate of drug-likeness (QED) is 0.135. The Labute approximate surface area is 350 Å². The summed E-state index contributed by atoms with van der Waals surface area (Å²) < 4.78 is 12.2. The summed E-state index contributed by atoms with van der Waals surface area (Å²) in [6, 6.07) is 0. The van der Waals surface area contributed by atoms with Gasteiger partial charge in [-0.3, -0.25) is 0 Å². The number of esters is 2. The zero-order valence-corrected chi connectivity index (χ0v) is 35.5. The number of nitrogens with zero attached hydrogens (tertiary/aromatic N) is 2. The van der Waals surface area contributed by atoms with Crippen LogP contribution in [0, 0.1) is 28.6 Å². The van der Waals surface area contributed by atoms with Crippen LogP contribution >= 0.6 is 22.7 Å². The van der Waals surface area contributed by atoms with Gasteiger partial charge in [0.1, 0.15) is 22.2 Å². The summed E-state index contributed by atoms with van der Waals surface area (Å²) in [6.45, 7) is 8.53. The molecule has 2 aliphatic carbocycles. The van der Waals surface area contributed by atoms with Crippen LogP contribution in [0.5, 0.6) is 0 Å². The molecule has 6 N–H and O–H groups in total. The Hall–Kier alpha value is -4.30. The molecule has 1 saturated carbocycles. The lowest BCUT2D eigenvalue weighted by molar-refractivity contribution is -0.0461. The van der Waals surface area contributed by atoms with E-state index < -0.39 is 47.2 Å². The smallest absolute Gasteiger partial charge is 0.358 e. The number of allylic oxidation sites excluding steroid dienone is 10. The van der Waals surface area contributed by atoms with Crippen molar-refractivity contribution in [3.8, 4) is 0 Å². The third-order valence-corrected chi connectivity index (χ3v) is 12.4. The molecule has 0 spiro atoms. The summed E-state index contributed by atoms with van der Waals surface area (Å²) in [4.78, 5) is 35.9. The van der Waals surface area contributed by atoms with Gasteiger partial charge in [-0.15, -0.1) is 22.7 Å². The monoisotopic (exact) mass is 826 g/mol. The van der Waals surface area contributed by atoms with E-state index in [1.165, 1.54) is 22.7 Å². The van der Waals surface area contributed by atoms with Gasteiger partial charge in [-0.25, -0.2) is 19.6 Å². The number of aromatic nitrogens is 2. The number of cyclic esters (lactones) is 2. The Kier molecular flexibility index (Phi) is 16.3. The van der Waals surface area contributed by atoms with Gasteiger partial charge in [0.15, 0.2) is 11.4 Å². The second-order valence-corrected chi connectivity index (χ2v) is 17.8. The highest BCUT2D eigenvalue weighted by atomic mass is 32.1. The van der Waals surface area contributed by atoms with Crippen LogP contribution in [-0.2, 0) is 9.47 Å². The van der Waals surface area contributed by atoms with Crippen molar-refractivity contribution in [3.63, 3.8) is 0 Å². The molecule has 2 aromatic heterocycles. The number of aliphatic hydroxyl groups is 2. The fraction of sp³-hybridized carbons (Fsp3) is 0.435. The number of nitrogens with two attached hydrogens (primary N) is 2. The third-order valence-electron chi connectivity index (χ3n) is 10.8. The molecule has 0 amide bonds. The molecule has 58 heavy (non-hydrogen) atoms. The highest BCUT2D eigenvalue weighted by Gasteiger charge is 2.40. The zero-order chi connectivity index (χ0) is 41.7. The minimum atomic E-state index is -0.866. The van der Waals surface area contributed by atoms with E-state index in [4.69, 9.17) is 20.9 Å². The van der Waals surface area contributed by atoms with E-state index in [9.17, 15) is 19.8 Å². The van der Waals surface area contributed by atoms with E-state index >= 15 is 0 Å². The number of carbonyl (C=O) groups is 2. The van der Waals surface area contributed by atoms with Crippen LogP contribution in [0.4, 0.5) is 0 Å². The number of fused-ring (bicyclic) bond motifs is 6. The van der Waals surface area contributed by atoms with Crippen LogP contribution in [-0.4, -0.2) is 69.6 Å². The lowest BCUT2D eigenvalue weighted by atomic mass is 9.78. The van der Waals surface area contributed by atoms with E-state index in [2.05, 4.69) is 34.3 Å². The van der Waals surface area contributed by atoms with Gasteiger partial charge in [0.2, 0.25) is 0 Å². The van der Waals surface area contributed by atoms with Crippen LogP contribution in [0.15, 0.2) is 107 Å². The predicted molar refractivity (Wildman–Crippen MR) is 235 cm³/mol. The van der Waals surface area contributed by atoms with Crippen molar-refractivity contribution in [2.45, 2.75) is 84.2 Å². The number of ether oxygens (including phenoxy) is 2. The van der Waals surface area contributed by atoms with Gasteiger partial charge in [-0.1, -0.05) is 119 Å². The Morgan fingerprint density at radius 2 is 1.24 bits per heavy atom. The number of hydrogen-bond donors (Lipinski definition) is 4. The number of rotatable bonds is 10. The fourth-order valence-corrected chi connectivity index (χ4v) is 7.74. The minimum absolute atomic E-state index is 0.166. The molecular formula is C46H58N4O6S2. The molecule has 5 rings (SSSR count). The number of carbonyl (C=O) groups excluding carboxylic acids is 2. The second kappa shape index (κ2) is 21.1. The Morgan fingerprint density at radius 3 is 1.78 bits per heavy atom. The topological polar surface area (TPSA) is 171 Å². The first-order valence-electron chi connectivity index (χ1n) is 20.0. The van der Waals surface area contributed by atoms with Crippen LogP contribution < -0.4 is 11.5 Å². The highest BCUT2D eigenvalue weighted by molar-refractivity contribution is 7.11. The Balaban J connectivity index is 1.35. The minimum Gasteiger partial charge on any atom is -0.457 e. The summed E-state index contributed by atoms with van der Waals surface area (Å²) in [6.07, 6.45) is 33.3. The second-order valence-electron chi connectivity index (χ2n) is 16.0. The van der Waals surface area contributed by atoms with Gasteiger partial charge >= 0.3 is 11.9 Å². The summed E-state index contributed by atoms with van der Waals surface area (Å²) in [5.41, 5.74) is 11.3. The van der Waals surface area contributed by atoms with Crippen LogP contribution in [0.25, 0.3) is 12.2 Å². The Morgan fingerprint density at radius 1 is 0.741 bits per heavy atom. The first-order valence-corrected chi connectivity index (χ1v) is 21.8. The molecule has 1 fully saturated rings. The van der Waals surface area contributed by atoms with E-state index in [-0.39, 0.29) is 17.3 Å². The van der Waals surface area contributed by atoms with Crippen LogP contribution in [0.2, 0.25) is 0 Å². The molecule has 10 nitrogen and oxygen atoms in total. The molecule has 3 heterocycles. The molecule has 12 heteroatoms. The van der Waals surface area contributed by atoms with Crippen molar-refractivity contribution in [1.29, 1.82) is 0 Å². The molecule has 7 atom stereocenters. The first kappa shape index (κ1) is 44.8. The van der Waals surface area contributed by atoms with E-state index in [1.54, 1.807) is 22.9 Å². The molecular weight excluding hydrogens is 769 g/mol. The standard InChI is InChI=1S/C46H58N4O6S2/c1-45(2,37(51)19-9-11-25-47)39-21-13-17-33-27-31(33)15-5-8-24-42-50-36(30-58-42)44(54)56-40(46(3,4)38(52)20-10-12-26-48)22-14-18-34-28-32(34)16-6-7-23-41-49-35(29-57-41)43(53)55-39/h5-10,13-20,23-24,27,29-32,34,37-40,51-52H,11-12,21-22,25-26,28,47-48H2,1-4H3/b15-5+,16-6+,17-13-,18-14-,19-9+,20-10+,23-7-,24-8-/t31-,32+,34?,37+,38+,39+,40+/m1/s1. The van der Waals surface area contributed by atoms with Gasteiger partial charge in [-0.2, -0.15) is 0 Å². The summed E-state index contributed by atoms with van der Waals surface area (Å²) in [5.74, 6) is -0.175. The molecule has 3 aliphatic rings. The van der Waals surface area contributed by atoms with Gasteiger partial charge in [-0.05, 0) is 61.9 Å². The normalized spacial score (nSPS) is 27.9. The maximum Gasteiger partial charge on any atom is 0.358 e. The summed E-state index contributed by atoms with van der Waals surface area (Å²) in [7, 11) is 0. The average molecular weight is 827 g/mol. The van der Waals surface area contributed by atoms with Crippen molar-refractivity contribution in [2.75, 3.05) is 13.1 Å². The number of thiazole rings is 2. The largest absolute Gasteiger partial charge is 0.457 e. The summed E-state index contributed by atoms with van der Waals surface area (Å²) in [5, 5.41) is 27.0. The number of aliphatic hydroxyl groups excluding tert-OH is 2. The molecule has 0 saturated heterocycles. The van der Waals surface area contributed by atoms with E-state index in [0.29, 0.717) is 60.6 Å². The van der Waals surface area contributed by atoms with E-state index in [1.807, 2.05) is 94.5 Å². The van der Waals surface area contributed by atoms with Crippen molar-refractivity contribution in [3.05, 3.63) is 129 Å². The molecule has 0 radical (unpaired) electrons. The number of hydrogen-bond acceptors (Lipinski definition) is 12. The van der Waals surface area contributed by atoms with Crippen molar-refractivity contribution < 1.29 is 29.3 Å². The molecule has 0 aromatic carbocycles. The van der Waals surface area contributed by atoms with Gasteiger partial charge in [0, 0.05) is 40.3 Å². The van der Waals surface area contributed by atoms with Gasteiger partial charge in [0.05, 0.1) is 12.2 Å². The first-order chi connectivity index (χ1) is 27.8. The highest BCUT2D eigenvalue weighted by Crippen LogP contribution is 2.41. The summed E-state index contributed by atoms with van der Waals surface area (Å²) >= 11 is 2.71. The zero-order valence-electron chi connectivity index (χ0n) is 33.9. The average Bonchev–Trinajstić information content (AvgIpc) is 3.99. The van der Waals surface area contributed by atoms with E-state index in [0.717, 1.165) is 12.0 Å². The van der Waals surface area contributed by atoms with Gasteiger partial charge < -0.3 is 31.2 Å². The van der Waals surface area contributed by atoms with Crippen LogP contribution in [0.3, 0.4) is 0 Å². The lowest BCUT2D eigenvalue weighted by Crippen LogP contribution is -2.42. The molecule has 310 valence electrons. The maximum absolute atomic E-state index is 13.4. The van der Waals surface area contributed by atoms with Crippen LogP contribution in [0.1, 0.15) is 90.8 Å². The molecule has 1 unspecified atom stereocenters. The predicted octanol–water partition coefficient (Wildman–Crippen LogP) is 8.17. The van der Waals surface area contributed by atoms with Crippen molar-refractivity contribution in [1.82, 2.24) is 9.97 Å². The maximum atomic E-state index is 13.4.